The minimum Gasteiger partial charge on any atom is -0.380 e. The molecule has 0 saturated carbocycles. The Labute approximate surface area is 98.0 Å². The van der Waals surface area contributed by atoms with Crippen molar-refractivity contribution in [3.63, 3.8) is 0 Å². The Balaban J connectivity index is 5.87. The molecule has 0 aromatic heterocycles. The molecule has 0 aliphatic heterocycles. The number of Topliss-reactive ketones (excluding diaryl/α,β-unsaturated/α-hetero) is 2. The van der Waals surface area contributed by atoms with E-state index >= 15 is 0 Å². The van der Waals surface area contributed by atoms with Gasteiger partial charge in [-0.1, -0.05) is 0 Å². The van der Waals surface area contributed by atoms with Gasteiger partial charge in [0.1, 0.15) is 0 Å². The van der Waals surface area contributed by atoms with Crippen LogP contribution in [0.3, 0.4) is 0 Å². The van der Waals surface area contributed by atoms with Gasteiger partial charge in [0.05, 0.1) is 5.57 Å². The number of halogens is 6. The van der Waals surface area contributed by atoms with Crippen LogP contribution >= 0.6 is 0 Å². The van der Waals surface area contributed by atoms with E-state index in [1.165, 1.54) is 0 Å². The zero-order chi connectivity index (χ0) is 14.9. The monoisotopic (exact) mass is 277 g/mol. The van der Waals surface area contributed by atoms with Crippen LogP contribution in [0.1, 0.15) is 6.92 Å². The van der Waals surface area contributed by atoms with E-state index in [1.807, 2.05) is 0 Å². The second-order valence-electron chi connectivity index (χ2n) is 3.51. The Morgan fingerprint density at radius 2 is 1.11 bits per heavy atom. The molecule has 0 aliphatic carbocycles. The largest absolute Gasteiger partial charge is 0.455 e. The lowest BCUT2D eigenvalue weighted by Crippen LogP contribution is -2.37. The van der Waals surface area contributed by atoms with Crippen LogP contribution in [-0.4, -0.2) is 42.9 Å². The summed E-state index contributed by atoms with van der Waals surface area (Å²) in [5.41, 5.74) is -2.63. The highest BCUT2D eigenvalue weighted by atomic mass is 19.4. The molecule has 0 N–H and O–H groups in total. The number of allylic oxidation sites excluding steroid dienone is 2. The summed E-state index contributed by atoms with van der Waals surface area (Å²) in [6, 6.07) is 0. The third-order valence-electron chi connectivity index (χ3n) is 2.00. The van der Waals surface area contributed by atoms with E-state index in [4.69, 9.17) is 0 Å². The first-order valence-electron chi connectivity index (χ1n) is 4.41. The van der Waals surface area contributed by atoms with Crippen molar-refractivity contribution in [2.75, 3.05) is 14.1 Å². The standard InChI is InChI=1S/C9H9F6NO2/c1-4(16(2)3)5(6(17)8(10,11)12)7(18)9(13,14)15/h1-3H3. The quantitative estimate of drug-likeness (QED) is 0.343. The van der Waals surface area contributed by atoms with Gasteiger partial charge in [0, 0.05) is 19.8 Å². The first-order chi connectivity index (χ1) is 7.80. The fraction of sp³-hybridized carbons (Fsp3) is 0.556. The van der Waals surface area contributed by atoms with Crippen LogP contribution in [0.4, 0.5) is 26.3 Å². The van der Waals surface area contributed by atoms with Crippen LogP contribution < -0.4 is 0 Å². The molecule has 0 unspecified atom stereocenters. The highest BCUT2D eigenvalue weighted by Crippen LogP contribution is 2.29. The fourth-order valence-electron chi connectivity index (χ4n) is 0.939. The van der Waals surface area contributed by atoms with E-state index in [-0.39, 0.29) is 0 Å². The van der Waals surface area contributed by atoms with E-state index in [1.54, 1.807) is 0 Å². The molecule has 0 rings (SSSR count). The number of hydrogen-bond donors (Lipinski definition) is 0. The molecule has 9 heteroatoms. The number of carbonyl (C=O) groups excluding carboxylic acids is 2. The van der Waals surface area contributed by atoms with Crippen molar-refractivity contribution in [2.24, 2.45) is 0 Å². The Kier molecular flexibility index (Phi) is 4.56. The van der Waals surface area contributed by atoms with Crippen molar-refractivity contribution in [3.05, 3.63) is 11.3 Å². The molecule has 0 bridgehead atoms. The third kappa shape index (κ3) is 3.74. The Bertz CT molecular complexity index is 363. The summed E-state index contributed by atoms with van der Waals surface area (Å²) in [5.74, 6) is -5.62. The number of hydrogen-bond acceptors (Lipinski definition) is 3. The molecular formula is C9H9F6NO2. The molecule has 0 spiro atoms. The Hall–Kier alpha value is -1.54. The lowest BCUT2D eigenvalue weighted by Gasteiger charge is -2.19. The molecule has 18 heavy (non-hydrogen) atoms. The van der Waals surface area contributed by atoms with E-state index in [2.05, 4.69) is 0 Å². The minimum absolute atomic E-state index is 0.709. The van der Waals surface area contributed by atoms with Crippen LogP contribution in [0.15, 0.2) is 11.3 Å². The highest BCUT2D eigenvalue weighted by Gasteiger charge is 2.51. The second-order valence-corrected chi connectivity index (χ2v) is 3.51. The van der Waals surface area contributed by atoms with Crippen LogP contribution in [0.25, 0.3) is 0 Å². The van der Waals surface area contributed by atoms with Gasteiger partial charge in [-0.15, -0.1) is 0 Å². The molecule has 0 amide bonds. The van der Waals surface area contributed by atoms with Crippen molar-refractivity contribution in [3.8, 4) is 0 Å². The third-order valence-corrected chi connectivity index (χ3v) is 2.00. The van der Waals surface area contributed by atoms with Gasteiger partial charge in [0.2, 0.25) is 0 Å². The first kappa shape index (κ1) is 16.5. The van der Waals surface area contributed by atoms with Crippen LogP contribution in [0.2, 0.25) is 0 Å². The smallest absolute Gasteiger partial charge is 0.380 e. The summed E-state index contributed by atoms with van der Waals surface area (Å²) >= 11 is 0. The van der Waals surface area contributed by atoms with Crippen molar-refractivity contribution in [1.82, 2.24) is 4.90 Å². The van der Waals surface area contributed by atoms with Crippen molar-refractivity contribution < 1.29 is 35.9 Å². The van der Waals surface area contributed by atoms with Crippen molar-refractivity contribution >= 4 is 11.6 Å². The molecule has 0 atom stereocenters. The maximum absolute atomic E-state index is 12.1. The molecule has 0 fully saturated rings. The molecule has 3 nitrogen and oxygen atoms in total. The summed E-state index contributed by atoms with van der Waals surface area (Å²) in [6.07, 6.45) is -11.1. The van der Waals surface area contributed by atoms with Gasteiger partial charge < -0.3 is 4.90 Å². The van der Waals surface area contributed by atoms with E-state index in [0.29, 0.717) is 0 Å². The average molecular weight is 277 g/mol. The molecule has 0 radical (unpaired) electrons. The molecular weight excluding hydrogens is 268 g/mol. The van der Waals surface area contributed by atoms with Gasteiger partial charge in [-0.3, -0.25) is 9.59 Å². The van der Waals surface area contributed by atoms with Gasteiger partial charge in [0.25, 0.3) is 11.6 Å². The molecule has 0 aliphatic rings. The fourth-order valence-corrected chi connectivity index (χ4v) is 0.939. The van der Waals surface area contributed by atoms with Gasteiger partial charge in [-0.25, -0.2) is 0 Å². The number of alkyl halides is 6. The maximum Gasteiger partial charge on any atom is 0.455 e. The van der Waals surface area contributed by atoms with Gasteiger partial charge in [-0.05, 0) is 6.92 Å². The molecule has 0 heterocycles. The Morgan fingerprint density at radius 3 is 1.28 bits per heavy atom. The minimum atomic E-state index is -5.55. The van der Waals surface area contributed by atoms with Crippen LogP contribution in [0.5, 0.6) is 0 Å². The number of nitrogens with zero attached hydrogens (tertiary/aromatic N) is 1. The number of rotatable bonds is 3. The van der Waals surface area contributed by atoms with E-state index in [0.717, 1.165) is 25.9 Å². The maximum atomic E-state index is 12.1. The van der Waals surface area contributed by atoms with E-state index in [9.17, 15) is 35.9 Å². The Morgan fingerprint density at radius 1 is 0.833 bits per heavy atom. The zero-order valence-electron chi connectivity index (χ0n) is 9.53. The van der Waals surface area contributed by atoms with Gasteiger partial charge >= 0.3 is 12.4 Å². The van der Waals surface area contributed by atoms with Crippen LogP contribution in [-0.2, 0) is 9.59 Å². The average Bonchev–Trinajstić information content (AvgIpc) is 2.14. The molecule has 0 aromatic rings. The predicted molar refractivity (Wildman–Crippen MR) is 48.5 cm³/mol. The van der Waals surface area contributed by atoms with E-state index < -0.39 is 35.2 Å². The summed E-state index contributed by atoms with van der Waals surface area (Å²) in [7, 11) is 2.23. The summed E-state index contributed by atoms with van der Waals surface area (Å²) in [6.45, 7) is 0.822. The second kappa shape index (κ2) is 4.99. The summed E-state index contributed by atoms with van der Waals surface area (Å²) < 4.78 is 72.9. The highest BCUT2D eigenvalue weighted by molar-refractivity contribution is 6.24. The lowest BCUT2D eigenvalue weighted by molar-refractivity contribution is -0.175. The van der Waals surface area contributed by atoms with Crippen LogP contribution in [0, 0.1) is 0 Å². The normalized spacial score (nSPS) is 12.1. The predicted octanol–water partition coefficient (Wildman–Crippen LogP) is 2.08. The first-order valence-corrected chi connectivity index (χ1v) is 4.41. The zero-order valence-corrected chi connectivity index (χ0v) is 9.53. The SMILES string of the molecule is CC(=C(C(=O)C(F)(F)F)C(=O)C(F)(F)F)N(C)C. The molecule has 104 valence electrons. The summed E-state index contributed by atoms with van der Waals surface area (Å²) in [4.78, 5) is 22.6. The number of ketones is 2. The van der Waals surface area contributed by atoms with Gasteiger partial charge in [0.15, 0.2) is 0 Å². The van der Waals surface area contributed by atoms with Crippen molar-refractivity contribution in [2.45, 2.75) is 19.3 Å². The molecule has 0 aromatic carbocycles. The summed E-state index contributed by atoms with van der Waals surface area (Å²) in [5, 5.41) is 0. The topological polar surface area (TPSA) is 37.4 Å². The van der Waals surface area contributed by atoms with Crippen molar-refractivity contribution in [1.29, 1.82) is 0 Å². The van der Waals surface area contributed by atoms with Gasteiger partial charge in [-0.2, -0.15) is 26.3 Å². The number of carbonyl (C=O) groups is 2. The molecule has 0 saturated heterocycles. The lowest BCUT2D eigenvalue weighted by atomic mass is 10.0.